The van der Waals surface area contributed by atoms with Crippen molar-refractivity contribution in [2.24, 2.45) is 0 Å². The van der Waals surface area contributed by atoms with Crippen LogP contribution in [0.5, 0.6) is 11.5 Å². The first kappa shape index (κ1) is 20.5. The zero-order chi connectivity index (χ0) is 22.4. The van der Waals surface area contributed by atoms with Crippen molar-refractivity contribution in [3.8, 4) is 11.5 Å². The molecule has 3 aliphatic rings. The molecule has 0 spiro atoms. The minimum Gasteiger partial charge on any atom is -0.486 e. The van der Waals surface area contributed by atoms with Gasteiger partial charge in [-0.15, -0.1) is 11.3 Å². The van der Waals surface area contributed by atoms with Crippen molar-refractivity contribution >= 4 is 23.1 Å². The lowest BCUT2D eigenvalue weighted by molar-refractivity contribution is 0.171. The predicted molar refractivity (Wildman–Crippen MR) is 126 cm³/mol. The number of amides is 2. The highest BCUT2D eigenvalue weighted by molar-refractivity contribution is 7.12. The second-order valence-electron chi connectivity index (χ2n) is 8.74. The van der Waals surface area contributed by atoms with Crippen LogP contribution in [0, 0.1) is 5.82 Å². The highest BCUT2D eigenvalue weighted by atomic mass is 32.1. The standard InChI is InChI=1S/C26H25FN2O3S/c27-17-7-5-16(6-8-17)24-25-20(19-3-1-2-4-23(19)33-25)11-12-29(24)26(30)28-18-9-10-21-22(15-18)32-14-13-31-21/h5-10,15,24H,1-4,11-14H2,(H,28,30)/t24-/m1/s1. The van der Waals surface area contributed by atoms with E-state index in [-0.39, 0.29) is 17.9 Å². The van der Waals surface area contributed by atoms with Crippen LogP contribution in [0.1, 0.15) is 45.3 Å². The third-order valence-electron chi connectivity index (χ3n) is 6.71. The molecule has 0 bridgehead atoms. The smallest absolute Gasteiger partial charge is 0.322 e. The van der Waals surface area contributed by atoms with Crippen molar-refractivity contribution in [3.63, 3.8) is 0 Å². The zero-order valence-electron chi connectivity index (χ0n) is 18.2. The van der Waals surface area contributed by atoms with E-state index in [0.29, 0.717) is 36.9 Å². The van der Waals surface area contributed by atoms with Crippen LogP contribution in [-0.4, -0.2) is 30.7 Å². The molecule has 2 aliphatic heterocycles. The third-order valence-corrected chi connectivity index (χ3v) is 8.10. The molecule has 2 amide bonds. The largest absolute Gasteiger partial charge is 0.486 e. The molecule has 1 aliphatic carbocycles. The average Bonchev–Trinajstić information content (AvgIpc) is 3.23. The predicted octanol–water partition coefficient (Wildman–Crippen LogP) is 5.72. The lowest BCUT2D eigenvalue weighted by Crippen LogP contribution is -2.42. The average molecular weight is 465 g/mol. The number of benzene rings is 2. The van der Waals surface area contributed by atoms with Gasteiger partial charge in [-0.1, -0.05) is 12.1 Å². The highest BCUT2D eigenvalue weighted by Gasteiger charge is 2.36. The minimum atomic E-state index is -0.271. The maximum atomic E-state index is 13.7. The second-order valence-corrected chi connectivity index (χ2v) is 9.88. The molecular weight excluding hydrogens is 439 g/mol. The summed E-state index contributed by atoms with van der Waals surface area (Å²) in [6.07, 6.45) is 5.55. The molecule has 170 valence electrons. The number of nitrogens with one attached hydrogen (secondary N) is 1. The van der Waals surface area contributed by atoms with E-state index in [1.165, 1.54) is 45.9 Å². The summed E-state index contributed by atoms with van der Waals surface area (Å²) in [7, 11) is 0. The first-order chi connectivity index (χ1) is 16.2. The van der Waals surface area contributed by atoms with Gasteiger partial charge >= 0.3 is 6.03 Å². The normalized spacial score (nSPS) is 18.9. The summed E-state index contributed by atoms with van der Waals surface area (Å²) in [5.74, 6) is 1.06. The molecule has 5 nitrogen and oxygen atoms in total. The SMILES string of the molecule is O=C(Nc1ccc2c(c1)OCCO2)N1CCc2c(sc3c2CCCC3)[C@H]1c1ccc(F)cc1. The van der Waals surface area contributed by atoms with Crippen molar-refractivity contribution in [2.75, 3.05) is 25.1 Å². The van der Waals surface area contributed by atoms with Crippen molar-refractivity contribution in [1.29, 1.82) is 0 Å². The van der Waals surface area contributed by atoms with E-state index in [1.807, 2.05) is 28.4 Å². The summed E-state index contributed by atoms with van der Waals surface area (Å²) < 4.78 is 25.0. The summed E-state index contributed by atoms with van der Waals surface area (Å²) in [6, 6.07) is 11.6. The fraction of sp³-hybridized carbons (Fsp3) is 0.346. The molecule has 2 aromatic carbocycles. The van der Waals surface area contributed by atoms with Crippen LogP contribution in [0.3, 0.4) is 0 Å². The molecule has 0 radical (unpaired) electrons. The number of rotatable bonds is 2. The number of halogens is 1. The number of ether oxygens (including phenoxy) is 2. The van der Waals surface area contributed by atoms with E-state index in [2.05, 4.69) is 5.32 Å². The van der Waals surface area contributed by atoms with Gasteiger partial charge in [0.15, 0.2) is 11.5 Å². The lowest BCUT2D eigenvalue weighted by Gasteiger charge is -2.36. The van der Waals surface area contributed by atoms with Gasteiger partial charge < -0.3 is 19.7 Å². The van der Waals surface area contributed by atoms with Crippen LogP contribution in [-0.2, 0) is 19.3 Å². The molecule has 0 fully saturated rings. The molecule has 7 heteroatoms. The number of thiophene rings is 1. The third kappa shape index (κ3) is 3.74. The Hall–Kier alpha value is -3.06. The van der Waals surface area contributed by atoms with Gasteiger partial charge in [0.1, 0.15) is 19.0 Å². The van der Waals surface area contributed by atoms with Gasteiger partial charge in [0.05, 0.1) is 6.04 Å². The van der Waals surface area contributed by atoms with Gasteiger partial charge in [0.2, 0.25) is 0 Å². The van der Waals surface area contributed by atoms with Crippen LogP contribution in [0.2, 0.25) is 0 Å². The van der Waals surface area contributed by atoms with Crippen LogP contribution in [0.4, 0.5) is 14.9 Å². The van der Waals surface area contributed by atoms with Crippen LogP contribution >= 0.6 is 11.3 Å². The summed E-state index contributed by atoms with van der Waals surface area (Å²) in [5, 5.41) is 3.05. The van der Waals surface area contributed by atoms with E-state index in [0.717, 1.165) is 24.8 Å². The Morgan fingerprint density at radius 1 is 0.970 bits per heavy atom. The van der Waals surface area contributed by atoms with Gasteiger partial charge in [-0.2, -0.15) is 0 Å². The number of aryl methyl sites for hydroxylation is 1. The number of fused-ring (bicyclic) bond motifs is 4. The summed E-state index contributed by atoms with van der Waals surface area (Å²) >= 11 is 1.84. The maximum absolute atomic E-state index is 13.7. The first-order valence-electron chi connectivity index (χ1n) is 11.5. The number of hydrogen-bond donors (Lipinski definition) is 1. The lowest BCUT2D eigenvalue weighted by atomic mass is 9.88. The molecule has 0 saturated carbocycles. The minimum absolute atomic E-state index is 0.168. The Balaban J connectivity index is 1.34. The van der Waals surface area contributed by atoms with Gasteiger partial charge in [-0.25, -0.2) is 9.18 Å². The number of nitrogens with zero attached hydrogens (tertiary/aromatic N) is 1. The second kappa shape index (κ2) is 8.37. The van der Waals surface area contributed by atoms with Crippen molar-refractivity contribution < 1.29 is 18.7 Å². The quantitative estimate of drug-likeness (QED) is 0.528. The maximum Gasteiger partial charge on any atom is 0.322 e. The summed E-state index contributed by atoms with van der Waals surface area (Å²) in [5.41, 5.74) is 4.51. The number of urea groups is 1. The fourth-order valence-electron chi connectivity index (χ4n) is 5.16. The topological polar surface area (TPSA) is 50.8 Å². The number of hydrogen-bond acceptors (Lipinski definition) is 4. The van der Waals surface area contributed by atoms with Gasteiger partial charge in [0.25, 0.3) is 0 Å². The van der Waals surface area contributed by atoms with Crippen molar-refractivity contribution in [2.45, 2.75) is 38.1 Å². The number of anilines is 1. The van der Waals surface area contributed by atoms with Gasteiger partial charge in [-0.05, 0) is 73.1 Å². The van der Waals surface area contributed by atoms with E-state index in [1.54, 1.807) is 18.2 Å². The van der Waals surface area contributed by atoms with E-state index in [4.69, 9.17) is 9.47 Å². The Morgan fingerprint density at radius 3 is 2.61 bits per heavy atom. The number of carbonyl (C=O) groups is 1. The van der Waals surface area contributed by atoms with Crippen LogP contribution < -0.4 is 14.8 Å². The molecular formula is C26H25FN2O3S. The van der Waals surface area contributed by atoms with E-state index < -0.39 is 0 Å². The Labute approximate surface area is 196 Å². The molecule has 33 heavy (non-hydrogen) atoms. The van der Waals surface area contributed by atoms with E-state index >= 15 is 0 Å². The number of carbonyl (C=O) groups excluding carboxylic acids is 1. The summed E-state index contributed by atoms with van der Waals surface area (Å²) in [6.45, 7) is 1.64. The first-order valence-corrected chi connectivity index (χ1v) is 12.3. The molecule has 1 N–H and O–H groups in total. The molecule has 0 unspecified atom stereocenters. The van der Waals surface area contributed by atoms with Gasteiger partial charge in [0, 0.05) is 28.1 Å². The van der Waals surface area contributed by atoms with Crippen LogP contribution in [0.25, 0.3) is 0 Å². The summed E-state index contributed by atoms with van der Waals surface area (Å²) in [4.78, 5) is 18.1. The highest BCUT2D eigenvalue weighted by Crippen LogP contribution is 2.45. The fourth-order valence-corrected chi connectivity index (χ4v) is 6.75. The molecule has 0 saturated heterocycles. The Bertz CT molecular complexity index is 1210. The molecule has 3 heterocycles. The van der Waals surface area contributed by atoms with Gasteiger partial charge in [-0.3, -0.25) is 0 Å². The Morgan fingerprint density at radius 2 is 1.76 bits per heavy atom. The molecule has 1 aromatic heterocycles. The zero-order valence-corrected chi connectivity index (χ0v) is 19.1. The molecule has 1 atom stereocenters. The van der Waals surface area contributed by atoms with Crippen molar-refractivity contribution in [1.82, 2.24) is 4.90 Å². The molecule has 6 rings (SSSR count). The Kier molecular flexibility index (Phi) is 5.21. The van der Waals surface area contributed by atoms with Crippen LogP contribution in [0.15, 0.2) is 42.5 Å². The van der Waals surface area contributed by atoms with Crippen molar-refractivity contribution in [3.05, 3.63) is 74.7 Å². The monoisotopic (exact) mass is 464 g/mol. The molecule has 3 aromatic rings. The van der Waals surface area contributed by atoms with E-state index in [9.17, 15) is 9.18 Å².